The number of pyridine rings is 1. The van der Waals surface area contributed by atoms with E-state index < -0.39 is 8.32 Å². The summed E-state index contributed by atoms with van der Waals surface area (Å²) < 4.78 is 13.8. The highest BCUT2D eigenvalue weighted by Crippen LogP contribution is 2.37. The molecule has 0 N–H and O–H groups in total. The zero-order valence-corrected chi connectivity index (χ0v) is 16.4. The highest BCUT2D eigenvalue weighted by atomic mass is 28.4. The molecule has 0 atom stereocenters. The highest BCUT2D eigenvalue weighted by Gasteiger charge is 2.37. The summed E-state index contributed by atoms with van der Waals surface area (Å²) >= 11 is 0. The van der Waals surface area contributed by atoms with Crippen LogP contribution >= 0.6 is 0 Å². The van der Waals surface area contributed by atoms with Crippen molar-refractivity contribution in [3.63, 3.8) is 0 Å². The molecule has 0 spiro atoms. The van der Waals surface area contributed by atoms with Gasteiger partial charge in [0.2, 0.25) is 0 Å². The molecule has 3 rings (SSSR count). The predicted molar refractivity (Wildman–Crippen MR) is 101 cm³/mol. The molecule has 2 aromatic heterocycles. The third-order valence-electron chi connectivity index (χ3n) is 5.22. The van der Waals surface area contributed by atoms with Gasteiger partial charge >= 0.3 is 0 Å². The Morgan fingerprint density at radius 2 is 2.04 bits per heavy atom. The Morgan fingerprint density at radius 3 is 2.71 bits per heavy atom. The van der Waals surface area contributed by atoms with Gasteiger partial charge in [0.05, 0.1) is 25.5 Å². The van der Waals surface area contributed by atoms with E-state index in [4.69, 9.17) is 14.1 Å². The summed E-state index contributed by atoms with van der Waals surface area (Å²) in [4.78, 5) is 4.70. The SMILES string of the molecule is CC(C)(C)[Si](C)(C)OCc1cn2cc(C3=CCOCC3)ccc2n1. The minimum Gasteiger partial charge on any atom is -0.411 e. The molecular weight excluding hydrogens is 316 g/mol. The highest BCUT2D eigenvalue weighted by molar-refractivity contribution is 6.74. The summed E-state index contributed by atoms with van der Waals surface area (Å²) in [7, 11) is -1.75. The first-order valence-electron chi connectivity index (χ1n) is 8.65. The Morgan fingerprint density at radius 1 is 1.25 bits per heavy atom. The van der Waals surface area contributed by atoms with Crippen molar-refractivity contribution >= 4 is 19.5 Å². The lowest BCUT2D eigenvalue weighted by Crippen LogP contribution is -2.40. The first-order valence-corrected chi connectivity index (χ1v) is 11.6. The predicted octanol–water partition coefficient (Wildman–Crippen LogP) is 4.66. The molecule has 0 amide bonds. The first-order chi connectivity index (χ1) is 11.3. The van der Waals surface area contributed by atoms with E-state index >= 15 is 0 Å². The summed E-state index contributed by atoms with van der Waals surface area (Å²) in [5.74, 6) is 0. The molecule has 0 saturated carbocycles. The Kier molecular flexibility index (Phi) is 4.68. The fourth-order valence-corrected chi connectivity index (χ4v) is 3.51. The molecule has 0 radical (unpaired) electrons. The second-order valence-corrected chi connectivity index (χ2v) is 12.8. The van der Waals surface area contributed by atoms with E-state index in [1.807, 2.05) is 0 Å². The average Bonchev–Trinajstić information content (AvgIpc) is 2.95. The molecule has 0 aromatic carbocycles. The molecule has 3 heterocycles. The molecule has 0 saturated heterocycles. The summed E-state index contributed by atoms with van der Waals surface area (Å²) in [6, 6.07) is 4.24. The topological polar surface area (TPSA) is 35.8 Å². The molecule has 130 valence electrons. The van der Waals surface area contributed by atoms with Crippen LogP contribution in [0.3, 0.4) is 0 Å². The van der Waals surface area contributed by atoms with Gasteiger partial charge < -0.3 is 13.6 Å². The minimum atomic E-state index is -1.75. The van der Waals surface area contributed by atoms with Crippen molar-refractivity contribution in [1.29, 1.82) is 0 Å². The van der Waals surface area contributed by atoms with Gasteiger partial charge in [-0.1, -0.05) is 26.8 Å². The van der Waals surface area contributed by atoms with Crippen molar-refractivity contribution in [3.05, 3.63) is 41.9 Å². The largest absolute Gasteiger partial charge is 0.411 e. The van der Waals surface area contributed by atoms with Crippen LogP contribution in [-0.4, -0.2) is 30.9 Å². The van der Waals surface area contributed by atoms with Gasteiger partial charge in [-0.15, -0.1) is 0 Å². The van der Waals surface area contributed by atoms with Crippen LogP contribution in [0.2, 0.25) is 18.1 Å². The molecule has 0 bridgehead atoms. The van der Waals surface area contributed by atoms with E-state index in [0.29, 0.717) is 13.2 Å². The smallest absolute Gasteiger partial charge is 0.192 e. The number of hydrogen-bond acceptors (Lipinski definition) is 3. The van der Waals surface area contributed by atoms with Gasteiger partial charge in [-0.05, 0) is 47.8 Å². The maximum atomic E-state index is 6.29. The van der Waals surface area contributed by atoms with Crippen molar-refractivity contribution in [1.82, 2.24) is 9.38 Å². The van der Waals surface area contributed by atoms with E-state index in [-0.39, 0.29) is 5.04 Å². The number of fused-ring (bicyclic) bond motifs is 1. The van der Waals surface area contributed by atoms with Gasteiger partial charge in [-0.3, -0.25) is 0 Å². The molecule has 0 aliphatic carbocycles. The van der Waals surface area contributed by atoms with Crippen LogP contribution in [0.1, 0.15) is 38.4 Å². The lowest BCUT2D eigenvalue weighted by Gasteiger charge is -2.35. The van der Waals surface area contributed by atoms with E-state index in [1.165, 1.54) is 11.1 Å². The molecule has 4 nitrogen and oxygen atoms in total. The molecule has 1 aliphatic rings. The molecule has 2 aromatic rings. The van der Waals surface area contributed by atoms with Crippen LogP contribution in [0, 0.1) is 0 Å². The van der Waals surface area contributed by atoms with Crippen molar-refractivity contribution in [3.8, 4) is 0 Å². The summed E-state index contributed by atoms with van der Waals surface area (Å²) in [5, 5.41) is 0.217. The van der Waals surface area contributed by atoms with Gasteiger partial charge in [0, 0.05) is 12.4 Å². The number of aromatic nitrogens is 2. The average molecular weight is 345 g/mol. The van der Waals surface area contributed by atoms with Gasteiger partial charge in [0.1, 0.15) is 5.65 Å². The van der Waals surface area contributed by atoms with E-state index in [1.54, 1.807) is 0 Å². The fourth-order valence-electron chi connectivity index (χ4n) is 2.56. The standard InChI is InChI=1S/C19H28N2O2Si/c1-19(2,3)24(4,5)23-14-17-13-21-12-16(6-7-18(21)20-17)15-8-10-22-11-9-15/h6-8,12-13H,9-11,14H2,1-5H3. The van der Waals surface area contributed by atoms with E-state index in [0.717, 1.165) is 24.4 Å². The van der Waals surface area contributed by atoms with Crippen LogP contribution in [0.5, 0.6) is 0 Å². The van der Waals surface area contributed by atoms with Crippen molar-refractivity contribution in [2.75, 3.05) is 13.2 Å². The Bertz CT molecular complexity index is 756. The zero-order chi connectivity index (χ0) is 17.4. The maximum Gasteiger partial charge on any atom is 0.192 e. The number of rotatable bonds is 4. The number of nitrogens with zero attached hydrogens (tertiary/aromatic N) is 2. The molecule has 0 fully saturated rings. The maximum absolute atomic E-state index is 6.29. The lowest BCUT2D eigenvalue weighted by atomic mass is 10.0. The first kappa shape index (κ1) is 17.4. The third-order valence-corrected chi connectivity index (χ3v) is 9.70. The van der Waals surface area contributed by atoms with Crippen molar-refractivity contribution in [2.45, 2.75) is 51.9 Å². The van der Waals surface area contributed by atoms with Crippen LogP contribution in [0.15, 0.2) is 30.6 Å². The lowest BCUT2D eigenvalue weighted by molar-refractivity contribution is 0.161. The fraction of sp³-hybridized carbons (Fsp3) is 0.526. The third kappa shape index (κ3) is 3.63. The molecule has 0 unspecified atom stereocenters. The van der Waals surface area contributed by atoms with Crippen LogP contribution < -0.4 is 0 Å². The summed E-state index contributed by atoms with van der Waals surface area (Å²) in [5.41, 5.74) is 4.58. The zero-order valence-electron chi connectivity index (χ0n) is 15.4. The van der Waals surface area contributed by atoms with Gasteiger partial charge in [-0.2, -0.15) is 0 Å². The molecule has 5 heteroatoms. The van der Waals surface area contributed by atoms with Crippen LogP contribution in [0.4, 0.5) is 0 Å². The Balaban J connectivity index is 1.78. The second kappa shape index (κ2) is 6.46. The Hall–Kier alpha value is -1.43. The van der Waals surface area contributed by atoms with Gasteiger partial charge in [0.15, 0.2) is 8.32 Å². The minimum absolute atomic E-state index is 0.217. The number of ether oxygens (including phenoxy) is 1. The molecule has 24 heavy (non-hydrogen) atoms. The summed E-state index contributed by atoms with van der Waals surface area (Å²) in [6.07, 6.45) is 7.39. The van der Waals surface area contributed by atoms with Gasteiger partial charge in [0.25, 0.3) is 0 Å². The normalized spacial score (nSPS) is 16.5. The number of hydrogen-bond donors (Lipinski definition) is 0. The number of imidazole rings is 1. The van der Waals surface area contributed by atoms with Crippen molar-refractivity contribution in [2.24, 2.45) is 0 Å². The van der Waals surface area contributed by atoms with Crippen LogP contribution in [0.25, 0.3) is 11.2 Å². The molecule has 1 aliphatic heterocycles. The Labute approximate surface area is 145 Å². The second-order valence-electron chi connectivity index (χ2n) is 8.02. The quantitative estimate of drug-likeness (QED) is 0.757. The van der Waals surface area contributed by atoms with Gasteiger partial charge in [-0.25, -0.2) is 4.98 Å². The summed E-state index contributed by atoms with van der Waals surface area (Å²) in [6.45, 7) is 13.4. The monoisotopic (exact) mass is 344 g/mol. The van der Waals surface area contributed by atoms with E-state index in [2.05, 4.69) is 68.9 Å². The van der Waals surface area contributed by atoms with Crippen LogP contribution in [-0.2, 0) is 15.8 Å². The van der Waals surface area contributed by atoms with E-state index in [9.17, 15) is 0 Å². The molecular formula is C19H28N2O2Si. The van der Waals surface area contributed by atoms with Crippen molar-refractivity contribution < 1.29 is 9.16 Å².